The van der Waals surface area contributed by atoms with Crippen LogP contribution in [0.4, 0.5) is 0 Å². The molecule has 1 atom stereocenters. The normalized spacial score (nSPS) is 12.7. The van der Waals surface area contributed by atoms with E-state index in [1.165, 1.54) is 0 Å². The van der Waals surface area contributed by atoms with Crippen LogP contribution in [0.15, 0.2) is 0 Å². The molecule has 0 aromatic rings. The van der Waals surface area contributed by atoms with Crippen molar-refractivity contribution in [1.29, 1.82) is 0 Å². The molecule has 0 fully saturated rings. The van der Waals surface area contributed by atoms with Gasteiger partial charge in [-0.05, 0) is 13.0 Å². The highest BCUT2D eigenvalue weighted by molar-refractivity contribution is 4.92. The minimum Gasteiger partial charge on any atom is -0.380 e. The van der Waals surface area contributed by atoms with Gasteiger partial charge in [-0.3, -0.25) is 0 Å². The zero-order valence-electron chi connectivity index (χ0n) is 4.09. The van der Waals surface area contributed by atoms with Gasteiger partial charge in [-0.15, -0.1) is 6.42 Å². The van der Waals surface area contributed by atoms with E-state index in [0.717, 1.165) is 0 Å². The first-order valence-corrected chi connectivity index (χ1v) is 2.15. The molecule has 0 aliphatic heterocycles. The van der Waals surface area contributed by atoms with Gasteiger partial charge in [0.25, 0.3) is 0 Å². The number of nitrogens with two attached hydrogens (primary N) is 1. The van der Waals surface area contributed by atoms with Crippen LogP contribution in [0, 0.1) is 12.3 Å². The summed E-state index contributed by atoms with van der Waals surface area (Å²) in [5.74, 6) is 2.14. The molecule has 0 aromatic carbocycles. The molecule has 1 unspecified atom stereocenters. The maximum atomic E-state index is 8.54. The Hall–Kier alpha value is -0.520. The number of aliphatic hydroxyl groups is 1. The Morgan fingerprint density at radius 2 is 2.43 bits per heavy atom. The molecule has 40 valence electrons. The van der Waals surface area contributed by atoms with E-state index >= 15 is 0 Å². The highest BCUT2D eigenvalue weighted by Gasteiger charge is 1.91. The Bertz CT molecular complexity index is 74.6. The van der Waals surface area contributed by atoms with Gasteiger partial charge in [0.1, 0.15) is 6.10 Å². The average Bonchev–Trinajstić information content (AvgIpc) is 1.68. The van der Waals surface area contributed by atoms with Crippen molar-refractivity contribution in [2.45, 2.75) is 12.5 Å². The third-order valence-corrected chi connectivity index (χ3v) is 0.632. The van der Waals surface area contributed by atoms with Crippen molar-refractivity contribution in [1.82, 2.24) is 0 Å². The Balaban J connectivity index is 3.04. The first-order valence-electron chi connectivity index (χ1n) is 2.15. The number of hydrogen-bond acceptors (Lipinski definition) is 2. The van der Waals surface area contributed by atoms with Crippen molar-refractivity contribution >= 4 is 0 Å². The Labute approximate surface area is 43.3 Å². The van der Waals surface area contributed by atoms with Gasteiger partial charge >= 0.3 is 0 Å². The lowest BCUT2D eigenvalue weighted by molar-refractivity contribution is 0.225. The van der Waals surface area contributed by atoms with Crippen molar-refractivity contribution in [3.8, 4) is 12.3 Å². The molecule has 3 N–H and O–H groups in total. The van der Waals surface area contributed by atoms with E-state index in [0.29, 0.717) is 13.0 Å². The number of aliphatic hydroxyl groups excluding tert-OH is 1. The van der Waals surface area contributed by atoms with Crippen LogP contribution >= 0.6 is 0 Å². The van der Waals surface area contributed by atoms with Crippen molar-refractivity contribution in [3.05, 3.63) is 0 Å². The van der Waals surface area contributed by atoms with Gasteiger partial charge in [0.2, 0.25) is 0 Å². The second-order valence-corrected chi connectivity index (χ2v) is 1.26. The summed E-state index contributed by atoms with van der Waals surface area (Å²) in [6, 6.07) is 0. The minimum atomic E-state index is -0.648. The van der Waals surface area contributed by atoms with Crippen LogP contribution in [-0.2, 0) is 0 Å². The summed E-state index contributed by atoms with van der Waals surface area (Å²) in [6.45, 7) is 0.450. The summed E-state index contributed by atoms with van der Waals surface area (Å²) < 4.78 is 0. The van der Waals surface area contributed by atoms with Crippen LogP contribution in [0.1, 0.15) is 6.42 Å². The standard InChI is InChI=1S/C5H9NO/c1-2-5(7)3-4-6/h1,5,7H,3-4,6H2. The number of rotatable bonds is 2. The molecule has 0 saturated heterocycles. The van der Waals surface area contributed by atoms with E-state index in [2.05, 4.69) is 5.92 Å². The topological polar surface area (TPSA) is 46.2 Å². The van der Waals surface area contributed by atoms with Crippen molar-refractivity contribution in [2.75, 3.05) is 6.54 Å². The van der Waals surface area contributed by atoms with E-state index < -0.39 is 6.10 Å². The van der Waals surface area contributed by atoms with Gasteiger partial charge in [0, 0.05) is 0 Å². The van der Waals surface area contributed by atoms with Crippen LogP contribution in [0.5, 0.6) is 0 Å². The lowest BCUT2D eigenvalue weighted by Gasteiger charge is -1.95. The van der Waals surface area contributed by atoms with Gasteiger partial charge in [-0.25, -0.2) is 0 Å². The van der Waals surface area contributed by atoms with Gasteiger partial charge in [0.05, 0.1) is 0 Å². The Morgan fingerprint density at radius 3 is 2.57 bits per heavy atom. The van der Waals surface area contributed by atoms with Gasteiger partial charge in [0.15, 0.2) is 0 Å². The van der Waals surface area contributed by atoms with Gasteiger partial charge in [-0.1, -0.05) is 5.92 Å². The summed E-state index contributed by atoms with van der Waals surface area (Å²) >= 11 is 0. The predicted octanol–water partition coefficient (Wildman–Crippen LogP) is -0.671. The third-order valence-electron chi connectivity index (χ3n) is 0.632. The third kappa shape index (κ3) is 3.31. The summed E-state index contributed by atoms with van der Waals surface area (Å²) in [4.78, 5) is 0. The second-order valence-electron chi connectivity index (χ2n) is 1.26. The van der Waals surface area contributed by atoms with Crippen molar-refractivity contribution < 1.29 is 5.11 Å². The first-order chi connectivity index (χ1) is 3.31. The molecule has 0 aliphatic rings. The zero-order valence-corrected chi connectivity index (χ0v) is 4.09. The summed E-state index contributed by atoms with van der Waals surface area (Å²) in [6.07, 6.45) is 4.65. The molecular formula is C5H9NO. The molecular weight excluding hydrogens is 90.1 g/mol. The fourth-order valence-electron chi connectivity index (χ4n) is 0.241. The molecule has 0 aromatic heterocycles. The van der Waals surface area contributed by atoms with Crippen LogP contribution in [0.3, 0.4) is 0 Å². The van der Waals surface area contributed by atoms with E-state index in [4.69, 9.17) is 17.3 Å². The molecule has 0 spiro atoms. The fourth-order valence-corrected chi connectivity index (χ4v) is 0.241. The monoisotopic (exact) mass is 99.1 g/mol. The molecule has 7 heavy (non-hydrogen) atoms. The molecule has 0 amide bonds. The van der Waals surface area contributed by atoms with Crippen LogP contribution in [0.2, 0.25) is 0 Å². The highest BCUT2D eigenvalue weighted by atomic mass is 16.3. The largest absolute Gasteiger partial charge is 0.380 e. The molecule has 0 rings (SSSR count). The number of terminal acetylenes is 1. The molecule has 2 heteroatoms. The maximum Gasteiger partial charge on any atom is 0.115 e. The van der Waals surface area contributed by atoms with Crippen molar-refractivity contribution in [3.63, 3.8) is 0 Å². The van der Waals surface area contributed by atoms with Crippen LogP contribution in [0.25, 0.3) is 0 Å². The molecule has 0 aliphatic carbocycles. The van der Waals surface area contributed by atoms with E-state index in [-0.39, 0.29) is 0 Å². The smallest absolute Gasteiger partial charge is 0.115 e. The second kappa shape index (κ2) is 3.66. The van der Waals surface area contributed by atoms with E-state index in [9.17, 15) is 0 Å². The number of hydrogen-bond donors (Lipinski definition) is 2. The van der Waals surface area contributed by atoms with Gasteiger partial charge in [-0.2, -0.15) is 0 Å². The predicted molar refractivity (Wildman–Crippen MR) is 28.5 cm³/mol. The fraction of sp³-hybridized carbons (Fsp3) is 0.600. The highest BCUT2D eigenvalue weighted by Crippen LogP contribution is 1.82. The summed E-state index contributed by atoms with van der Waals surface area (Å²) in [5.41, 5.74) is 5.05. The molecule has 2 nitrogen and oxygen atoms in total. The SMILES string of the molecule is C#CC(O)CCN. The average molecular weight is 99.1 g/mol. The Morgan fingerprint density at radius 1 is 1.86 bits per heavy atom. The summed E-state index contributed by atoms with van der Waals surface area (Å²) in [7, 11) is 0. The van der Waals surface area contributed by atoms with Crippen LogP contribution in [-0.4, -0.2) is 17.8 Å². The van der Waals surface area contributed by atoms with E-state index in [1.807, 2.05) is 0 Å². The molecule has 0 bridgehead atoms. The lowest BCUT2D eigenvalue weighted by Crippen LogP contribution is -2.10. The maximum absolute atomic E-state index is 8.54. The van der Waals surface area contributed by atoms with E-state index in [1.54, 1.807) is 0 Å². The first kappa shape index (κ1) is 6.48. The zero-order chi connectivity index (χ0) is 5.70. The Kier molecular flexibility index (Phi) is 3.39. The molecule has 0 saturated carbocycles. The lowest BCUT2D eigenvalue weighted by atomic mass is 10.3. The quantitative estimate of drug-likeness (QED) is 0.451. The van der Waals surface area contributed by atoms with Crippen molar-refractivity contribution in [2.24, 2.45) is 5.73 Å². The summed E-state index contributed by atoms with van der Waals surface area (Å²) in [5, 5.41) is 8.54. The molecule has 0 heterocycles. The van der Waals surface area contributed by atoms with Gasteiger partial charge < -0.3 is 10.8 Å². The van der Waals surface area contributed by atoms with Crippen LogP contribution < -0.4 is 5.73 Å². The molecule has 0 radical (unpaired) electrons. The minimum absolute atomic E-state index is 0.450.